The van der Waals surface area contributed by atoms with E-state index in [1.807, 2.05) is 12.1 Å². The van der Waals surface area contributed by atoms with Crippen LogP contribution in [0.25, 0.3) is 22.1 Å². The van der Waals surface area contributed by atoms with E-state index in [1.165, 1.54) is 0 Å². The number of rotatable bonds is 1. The summed E-state index contributed by atoms with van der Waals surface area (Å²) in [6.45, 7) is 0. The Morgan fingerprint density at radius 3 is 2.42 bits per heavy atom. The Labute approximate surface area is 117 Å². The summed E-state index contributed by atoms with van der Waals surface area (Å²) in [6.07, 6.45) is 0. The molecule has 0 spiro atoms. The Morgan fingerprint density at radius 1 is 1.00 bits per heavy atom. The molecule has 0 aliphatic heterocycles. The minimum absolute atomic E-state index is 0.0471. The monoisotopic (exact) mass is 316 g/mol. The van der Waals surface area contributed by atoms with Crippen LogP contribution >= 0.6 is 15.9 Å². The fraction of sp³-hybridized carbons (Fsp3) is 0. The summed E-state index contributed by atoms with van der Waals surface area (Å²) in [5.74, 6) is -0.0471. The summed E-state index contributed by atoms with van der Waals surface area (Å²) >= 11 is 3.33. The molecule has 0 fully saturated rings. The van der Waals surface area contributed by atoms with Gasteiger partial charge in [0.25, 0.3) is 0 Å². The van der Waals surface area contributed by atoms with Gasteiger partial charge in [-0.3, -0.25) is 0 Å². The minimum atomic E-state index is -0.543. The summed E-state index contributed by atoms with van der Waals surface area (Å²) < 4.78 is 6.13. The van der Waals surface area contributed by atoms with Crippen molar-refractivity contribution >= 4 is 26.9 Å². The SMILES string of the molecule is O=c1oc2ccccc2c(O)c1-c1ccc(Br)cc1. The lowest BCUT2D eigenvalue weighted by molar-refractivity contribution is 0.471. The molecule has 19 heavy (non-hydrogen) atoms. The van der Waals surface area contributed by atoms with Crippen molar-refractivity contribution < 1.29 is 9.52 Å². The molecular formula is C15H9BrO3. The zero-order valence-corrected chi connectivity index (χ0v) is 11.3. The highest BCUT2D eigenvalue weighted by Crippen LogP contribution is 2.33. The smallest absolute Gasteiger partial charge is 0.347 e. The van der Waals surface area contributed by atoms with Crippen molar-refractivity contribution in [1.29, 1.82) is 0 Å². The van der Waals surface area contributed by atoms with Gasteiger partial charge in [-0.15, -0.1) is 0 Å². The third-order valence-electron chi connectivity index (χ3n) is 2.92. The average molecular weight is 317 g/mol. The molecule has 0 amide bonds. The van der Waals surface area contributed by atoms with Crippen LogP contribution in [0.5, 0.6) is 5.75 Å². The highest BCUT2D eigenvalue weighted by Gasteiger charge is 2.15. The molecule has 3 rings (SSSR count). The average Bonchev–Trinajstić information content (AvgIpc) is 2.41. The van der Waals surface area contributed by atoms with Crippen LogP contribution in [0.4, 0.5) is 0 Å². The van der Waals surface area contributed by atoms with Gasteiger partial charge in [-0.1, -0.05) is 40.2 Å². The Hall–Kier alpha value is -2.07. The lowest BCUT2D eigenvalue weighted by Gasteiger charge is -2.06. The fourth-order valence-electron chi connectivity index (χ4n) is 2.00. The lowest BCUT2D eigenvalue weighted by Crippen LogP contribution is -2.03. The maximum atomic E-state index is 12.0. The molecule has 1 N–H and O–H groups in total. The van der Waals surface area contributed by atoms with E-state index >= 15 is 0 Å². The van der Waals surface area contributed by atoms with E-state index in [4.69, 9.17) is 4.42 Å². The molecule has 0 saturated carbocycles. The van der Waals surface area contributed by atoms with E-state index < -0.39 is 5.63 Å². The van der Waals surface area contributed by atoms with E-state index in [1.54, 1.807) is 36.4 Å². The van der Waals surface area contributed by atoms with Crippen molar-refractivity contribution in [2.24, 2.45) is 0 Å². The summed E-state index contributed by atoms with van der Waals surface area (Å²) in [5.41, 5.74) is 0.649. The quantitative estimate of drug-likeness (QED) is 0.692. The zero-order chi connectivity index (χ0) is 13.4. The van der Waals surface area contributed by atoms with Crippen molar-refractivity contribution in [2.75, 3.05) is 0 Å². The van der Waals surface area contributed by atoms with Crippen molar-refractivity contribution in [3.05, 3.63) is 63.4 Å². The summed E-state index contributed by atoms with van der Waals surface area (Å²) in [4.78, 5) is 12.0. The lowest BCUT2D eigenvalue weighted by atomic mass is 10.0. The number of hydrogen-bond acceptors (Lipinski definition) is 3. The normalized spacial score (nSPS) is 10.8. The Morgan fingerprint density at radius 2 is 1.68 bits per heavy atom. The summed E-state index contributed by atoms with van der Waals surface area (Å²) in [5, 5.41) is 10.8. The van der Waals surface area contributed by atoms with Gasteiger partial charge in [0.05, 0.1) is 5.39 Å². The van der Waals surface area contributed by atoms with Crippen LogP contribution < -0.4 is 5.63 Å². The molecule has 0 unspecified atom stereocenters. The Bertz CT molecular complexity index is 804. The first-order valence-corrected chi connectivity index (χ1v) is 6.47. The van der Waals surface area contributed by atoms with Crippen LogP contribution in [0.15, 0.2) is 62.2 Å². The van der Waals surface area contributed by atoms with Gasteiger partial charge in [0.15, 0.2) is 0 Å². The molecule has 94 valence electrons. The van der Waals surface area contributed by atoms with Crippen molar-refractivity contribution in [3.8, 4) is 16.9 Å². The first-order chi connectivity index (χ1) is 9.16. The molecule has 0 aliphatic rings. The standard InChI is InChI=1S/C15H9BrO3/c16-10-7-5-9(6-8-10)13-14(17)11-3-1-2-4-12(11)19-15(13)18/h1-8,17H. The maximum absolute atomic E-state index is 12.0. The molecule has 3 aromatic rings. The Kier molecular flexibility index (Phi) is 2.87. The zero-order valence-electron chi connectivity index (χ0n) is 9.76. The molecule has 0 atom stereocenters. The van der Waals surface area contributed by atoms with Crippen molar-refractivity contribution in [2.45, 2.75) is 0 Å². The molecule has 0 saturated heterocycles. The van der Waals surface area contributed by atoms with Gasteiger partial charge in [-0.25, -0.2) is 4.79 Å². The molecule has 3 nitrogen and oxygen atoms in total. The summed E-state index contributed by atoms with van der Waals surface area (Å²) in [7, 11) is 0. The van der Waals surface area contributed by atoms with Gasteiger partial charge in [0.2, 0.25) is 0 Å². The van der Waals surface area contributed by atoms with Gasteiger partial charge < -0.3 is 9.52 Å². The van der Waals surface area contributed by atoms with Gasteiger partial charge in [0, 0.05) is 4.47 Å². The third-order valence-corrected chi connectivity index (χ3v) is 3.45. The molecule has 1 aromatic heterocycles. The van der Waals surface area contributed by atoms with Gasteiger partial charge >= 0.3 is 5.63 Å². The van der Waals surface area contributed by atoms with Crippen molar-refractivity contribution in [3.63, 3.8) is 0 Å². The van der Waals surface area contributed by atoms with E-state index in [-0.39, 0.29) is 11.3 Å². The third kappa shape index (κ3) is 2.04. The number of para-hydroxylation sites is 1. The topological polar surface area (TPSA) is 50.4 Å². The molecular weight excluding hydrogens is 308 g/mol. The van der Waals surface area contributed by atoms with Crippen LogP contribution in [0.1, 0.15) is 0 Å². The molecule has 0 radical (unpaired) electrons. The van der Waals surface area contributed by atoms with E-state index in [9.17, 15) is 9.90 Å². The van der Waals surface area contributed by atoms with Crippen LogP contribution in [0, 0.1) is 0 Å². The van der Waals surface area contributed by atoms with Gasteiger partial charge in [0.1, 0.15) is 16.9 Å². The maximum Gasteiger partial charge on any atom is 0.347 e. The highest BCUT2D eigenvalue weighted by molar-refractivity contribution is 9.10. The second-order valence-corrected chi connectivity index (χ2v) is 5.03. The fourth-order valence-corrected chi connectivity index (χ4v) is 2.27. The molecule has 2 aromatic carbocycles. The van der Waals surface area contributed by atoms with E-state index in [2.05, 4.69) is 15.9 Å². The Balaban J connectivity index is 2.35. The number of halogens is 1. The number of aromatic hydroxyl groups is 1. The van der Waals surface area contributed by atoms with Crippen LogP contribution in [-0.2, 0) is 0 Å². The number of hydrogen-bond donors (Lipinski definition) is 1. The van der Waals surface area contributed by atoms with Crippen LogP contribution in [-0.4, -0.2) is 5.11 Å². The number of fused-ring (bicyclic) bond motifs is 1. The van der Waals surface area contributed by atoms with E-state index in [0.717, 1.165) is 4.47 Å². The van der Waals surface area contributed by atoms with Gasteiger partial charge in [-0.2, -0.15) is 0 Å². The molecule has 4 heteroatoms. The second-order valence-electron chi connectivity index (χ2n) is 4.12. The molecule has 0 bridgehead atoms. The molecule has 1 heterocycles. The minimum Gasteiger partial charge on any atom is -0.506 e. The van der Waals surface area contributed by atoms with Crippen LogP contribution in [0.2, 0.25) is 0 Å². The second kappa shape index (κ2) is 4.55. The molecule has 0 aliphatic carbocycles. The predicted octanol–water partition coefficient (Wildman–Crippen LogP) is 3.93. The van der Waals surface area contributed by atoms with Crippen molar-refractivity contribution in [1.82, 2.24) is 0 Å². The van der Waals surface area contributed by atoms with Crippen LogP contribution in [0.3, 0.4) is 0 Å². The highest BCUT2D eigenvalue weighted by atomic mass is 79.9. The van der Waals surface area contributed by atoms with E-state index in [0.29, 0.717) is 16.5 Å². The summed E-state index contributed by atoms with van der Waals surface area (Å²) in [6, 6.07) is 14.0. The first-order valence-electron chi connectivity index (χ1n) is 5.67. The predicted molar refractivity (Wildman–Crippen MR) is 77.3 cm³/mol. The first kappa shape index (κ1) is 12.0. The van der Waals surface area contributed by atoms with Gasteiger partial charge in [-0.05, 0) is 29.8 Å². The largest absolute Gasteiger partial charge is 0.506 e. The number of benzene rings is 2.